The molecular weight excluding hydrogens is 352 g/mol. The first-order chi connectivity index (χ1) is 12.2. The zero-order chi connectivity index (χ0) is 17.1. The van der Waals surface area contributed by atoms with Crippen LogP contribution in [0.25, 0.3) is 6.08 Å². The van der Waals surface area contributed by atoms with E-state index in [1.807, 2.05) is 58.4 Å². The molecule has 0 unspecified atom stereocenters. The van der Waals surface area contributed by atoms with Crippen molar-refractivity contribution in [2.75, 3.05) is 18.8 Å². The maximum atomic E-state index is 12.2. The number of ether oxygens (including phenoxy) is 1. The van der Waals surface area contributed by atoms with Gasteiger partial charge in [0.25, 0.3) is 0 Å². The smallest absolute Gasteiger partial charge is 0.246 e. The van der Waals surface area contributed by atoms with E-state index in [4.69, 9.17) is 4.74 Å². The van der Waals surface area contributed by atoms with Crippen molar-refractivity contribution in [2.24, 2.45) is 0 Å². The van der Waals surface area contributed by atoms with Gasteiger partial charge in [-0.1, -0.05) is 12.1 Å². The zero-order valence-electron chi connectivity index (χ0n) is 13.8. The predicted octanol–water partition coefficient (Wildman–Crippen LogP) is 3.46. The second kappa shape index (κ2) is 7.32. The van der Waals surface area contributed by atoms with Crippen molar-refractivity contribution >= 4 is 35.1 Å². The quantitative estimate of drug-likeness (QED) is 0.754. The molecule has 0 aliphatic carbocycles. The summed E-state index contributed by atoms with van der Waals surface area (Å²) in [5.41, 5.74) is 0.970. The van der Waals surface area contributed by atoms with Gasteiger partial charge in [-0.05, 0) is 36.1 Å². The molecule has 2 aliphatic heterocycles. The van der Waals surface area contributed by atoms with E-state index in [9.17, 15) is 4.79 Å². The number of hydrogen-bond acceptors (Lipinski definition) is 5. The second-order valence-electron chi connectivity index (χ2n) is 6.50. The molecule has 130 valence electrons. The Kier molecular flexibility index (Phi) is 4.92. The fraction of sp³-hybridized carbons (Fsp3) is 0.368. The van der Waals surface area contributed by atoms with Crippen molar-refractivity contribution in [3.63, 3.8) is 0 Å². The molecule has 0 radical (unpaired) electrons. The van der Waals surface area contributed by atoms with E-state index < -0.39 is 0 Å². The molecule has 2 fully saturated rings. The lowest BCUT2D eigenvalue weighted by Crippen LogP contribution is -2.60. The van der Waals surface area contributed by atoms with E-state index in [0.717, 1.165) is 35.8 Å². The minimum Gasteiger partial charge on any atom is -0.371 e. The third kappa shape index (κ3) is 3.97. The summed E-state index contributed by atoms with van der Waals surface area (Å²) in [7, 11) is 0. The number of amides is 1. The Bertz CT molecular complexity index is 740. The van der Waals surface area contributed by atoms with Gasteiger partial charge in [-0.15, -0.1) is 23.1 Å². The van der Waals surface area contributed by atoms with Crippen molar-refractivity contribution in [1.29, 1.82) is 0 Å². The average molecular weight is 373 g/mol. The molecule has 1 amide bonds. The molecule has 1 spiro atoms. The number of likely N-dealkylation sites (tertiary alicyclic amines) is 1. The van der Waals surface area contributed by atoms with Gasteiger partial charge < -0.3 is 9.64 Å². The fourth-order valence-electron chi connectivity index (χ4n) is 3.27. The van der Waals surface area contributed by atoms with Crippen LogP contribution in [0.3, 0.4) is 0 Å². The van der Waals surface area contributed by atoms with Crippen LogP contribution in [0.15, 0.2) is 48.0 Å². The van der Waals surface area contributed by atoms with Crippen molar-refractivity contribution < 1.29 is 9.53 Å². The van der Waals surface area contributed by atoms with Crippen molar-refractivity contribution in [2.45, 2.75) is 23.9 Å². The van der Waals surface area contributed by atoms with Crippen molar-refractivity contribution in [3.05, 3.63) is 58.6 Å². The number of pyridine rings is 1. The summed E-state index contributed by atoms with van der Waals surface area (Å²) >= 11 is 3.59. The summed E-state index contributed by atoms with van der Waals surface area (Å²) in [6, 6.07) is 9.89. The molecule has 0 N–H and O–H groups in total. The zero-order valence-corrected chi connectivity index (χ0v) is 15.5. The molecular formula is C19H20N2O2S2. The van der Waals surface area contributed by atoms with Gasteiger partial charge in [-0.25, -0.2) is 0 Å². The SMILES string of the molecule is O=C(/C=C/c1cccs1)N1CC2(C[C@@H](OCc3ccccn3)CS2)C1. The van der Waals surface area contributed by atoms with Crippen LogP contribution >= 0.6 is 23.1 Å². The molecule has 4 rings (SSSR count). The van der Waals surface area contributed by atoms with Gasteiger partial charge in [0.15, 0.2) is 0 Å². The lowest BCUT2D eigenvalue weighted by molar-refractivity contribution is -0.131. The maximum absolute atomic E-state index is 12.2. The molecule has 1 atom stereocenters. The van der Waals surface area contributed by atoms with Gasteiger partial charge in [-0.2, -0.15) is 0 Å². The van der Waals surface area contributed by atoms with Crippen LogP contribution < -0.4 is 0 Å². The number of rotatable bonds is 5. The van der Waals surface area contributed by atoms with Crippen LogP contribution in [-0.2, 0) is 16.1 Å². The lowest BCUT2D eigenvalue weighted by atomic mass is 9.93. The van der Waals surface area contributed by atoms with Crippen LogP contribution in [0.1, 0.15) is 17.0 Å². The standard InChI is InChI=1S/C19H20N2O2S2/c22-18(7-6-17-5-3-9-24-17)21-13-19(14-21)10-16(12-25-19)23-11-15-4-1-2-8-20-15/h1-9,16H,10-14H2/b7-6+/t16-/m1/s1. The largest absolute Gasteiger partial charge is 0.371 e. The van der Waals surface area contributed by atoms with Crippen LogP contribution in [0, 0.1) is 0 Å². The Morgan fingerprint density at radius 1 is 1.36 bits per heavy atom. The number of hydrogen-bond donors (Lipinski definition) is 0. The number of carbonyl (C=O) groups excluding carboxylic acids is 1. The molecule has 6 heteroatoms. The summed E-state index contributed by atoms with van der Waals surface area (Å²) in [5, 5.41) is 2.02. The summed E-state index contributed by atoms with van der Waals surface area (Å²) in [4.78, 5) is 19.6. The predicted molar refractivity (Wildman–Crippen MR) is 103 cm³/mol. The van der Waals surface area contributed by atoms with Crippen LogP contribution in [0.4, 0.5) is 0 Å². The Hall–Kier alpha value is -1.63. The highest BCUT2D eigenvalue weighted by molar-refractivity contribution is 8.01. The first-order valence-corrected chi connectivity index (χ1v) is 10.2. The number of thioether (sulfide) groups is 1. The number of thiophene rings is 1. The Balaban J connectivity index is 1.23. The lowest BCUT2D eigenvalue weighted by Gasteiger charge is -2.47. The van der Waals surface area contributed by atoms with Gasteiger partial charge >= 0.3 is 0 Å². The van der Waals surface area contributed by atoms with E-state index in [2.05, 4.69) is 4.98 Å². The van der Waals surface area contributed by atoms with Gasteiger partial charge in [0, 0.05) is 36.0 Å². The third-order valence-electron chi connectivity index (χ3n) is 4.57. The van der Waals surface area contributed by atoms with Gasteiger partial charge in [0.1, 0.15) is 0 Å². The molecule has 2 aromatic heterocycles. The van der Waals surface area contributed by atoms with E-state index >= 15 is 0 Å². The minimum absolute atomic E-state index is 0.109. The van der Waals surface area contributed by atoms with E-state index in [-0.39, 0.29) is 16.8 Å². The van der Waals surface area contributed by atoms with Crippen molar-refractivity contribution in [1.82, 2.24) is 9.88 Å². The van der Waals surface area contributed by atoms with Gasteiger partial charge in [-0.3, -0.25) is 9.78 Å². The molecule has 4 nitrogen and oxygen atoms in total. The molecule has 0 aromatic carbocycles. The maximum Gasteiger partial charge on any atom is 0.246 e. The number of nitrogens with zero attached hydrogens (tertiary/aromatic N) is 2. The third-order valence-corrected chi connectivity index (χ3v) is 6.98. The average Bonchev–Trinajstić information content (AvgIpc) is 3.27. The highest BCUT2D eigenvalue weighted by atomic mass is 32.2. The molecule has 0 saturated carbocycles. The van der Waals surface area contributed by atoms with E-state index in [0.29, 0.717) is 6.61 Å². The molecule has 4 heterocycles. The van der Waals surface area contributed by atoms with Crippen LogP contribution in [0.2, 0.25) is 0 Å². The summed E-state index contributed by atoms with van der Waals surface area (Å²) in [5.74, 6) is 1.11. The number of carbonyl (C=O) groups is 1. The summed E-state index contributed by atoms with van der Waals surface area (Å²) < 4.78 is 6.21. The first-order valence-electron chi connectivity index (χ1n) is 8.38. The summed E-state index contributed by atoms with van der Waals surface area (Å²) in [6.45, 7) is 2.22. The van der Waals surface area contributed by atoms with Gasteiger partial charge in [0.2, 0.25) is 5.91 Å². The molecule has 0 bridgehead atoms. The summed E-state index contributed by atoms with van der Waals surface area (Å²) in [6.07, 6.45) is 6.66. The Labute approximate surface area is 155 Å². The Morgan fingerprint density at radius 2 is 2.28 bits per heavy atom. The van der Waals surface area contributed by atoms with Crippen LogP contribution in [0.5, 0.6) is 0 Å². The number of aromatic nitrogens is 1. The fourth-order valence-corrected chi connectivity index (χ4v) is 5.44. The highest BCUT2D eigenvalue weighted by Gasteiger charge is 2.50. The second-order valence-corrected chi connectivity index (χ2v) is 8.96. The minimum atomic E-state index is 0.109. The highest BCUT2D eigenvalue weighted by Crippen LogP contribution is 2.46. The molecule has 2 aliphatic rings. The topological polar surface area (TPSA) is 42.4 Å². The monoisotopic (exact) mass is 372 g/mol. The van der Waals surface area contributed by atoms with E-state index in [1.54, 1.807) is 23.6 Å². The first kappa shape index (κ1) is 16.8. The van der Waals surface area contributed by atoms with Crippen LogP contribution in [-0.4, -0.2) is 45.5 Å². The Morgan fingerprint density at radius 3 is 3.04 bits per heavy atom. The normalized spacial score (nSPS) is 21.8. The molecule has 2 aromatic rings. The van der Waals surface area contributed by atoms with E-state index in [1.165, 1.54) is 0 Å². The molecule has 2 saturated heterocycles. The van der Waals surface area contributed by atoms with Gasteiger partial charge in [0.05, 0.1) is 23.2 Å². The van der Waals surface area contributed by atoms with Crippen molar-refractivity contribution in [3.8, 4) is 0 Å². The molecule has 25 heavy (non-hydrogen) atoms.